The molecule has 0 aromatic rings. The highest BCUT2D eigenvalue weighted by Gasteiger charge is 2.31. The monoisotopic (exact) mass is 211 g/mol. The Kier molecular flexibility index (Phi) is 3.26. The molecule has 0 aromatic carbocycles. The van der Waals surface area contributed by atoms with Crippen LogP contribution in [0.15, 0.2) is 0 Å². The van der Waals surface area contributed by atoms with E-state index in [1.807, 2.05) is 11.9 Å². The fourth-order valence-electron chi connectivity index (χ4n) is 2.31. The van der Waals surface area contributed by atoms with Crippen LogP contribution in [0.25, 0.3) is 0 Å². The number of carbonyl (C=O) groups is 1. The number of nitrogens with one attached hydrogen (secondary N) is 1. The second kappa shape index (κ2) is 4.49. The van der Waals surface area contributed by atoms with Gasteiger partial charge >= 0.3 is 0 Å². The van der Waals surface area contributed by atoms with Gasteiger partial charge in [-0.1, -0.05) is 0 Å². The molecule has 0 aliphatic carbocycles. The molecule has 2 aliphatic heterocycles. The molecule has 2 heterocycles. The largest absolute Gasteiger partial charge is 0.341 e. The van der Waals surface area contributed by atoms with Gasteiger partial charge in [-0.25, -0.2) is 0 Å². The van der Waals surface area contributed by atoms with Crippen LogP contribution in [-0.4, -0.2) is 61.5 Å². The summed E-state index contributed by atoms with van der Waals surface area (Å²) in [6, 6.07) is 0.561. The van der Waals surface area contributed by atoms with Gasteiger partial charge in [0.15, 0.2) is 0 Å². The first-order valence-electron chi connectivity index (χ1n) is 5.87. The lowest BCUT2D eigenvalue weighted by atomic mass is 10.0. The Morgan fingerprint density at radius 1 is 1.33 bits per heavy atom. The van der Waals surface area contributed by atoms with Crippen molar-refractivity contribution in [2.45, 2.75) is 31.3 Å². The highest BCUT2D eigenvalue weighted by Crippen LogP contribution is 2.16. The summed E-state index contributed by atoms with van der Waals surface area (Å²) in [5.41, 5.74) is 0. The van der Waals surface area contributed by atoms with E-state index in [2.05, 4.69) is 17.3 Å². The van der Waals surface area contributed by atoms with E-state index < -0.39 is 0 Å². The Morgan fingerprint density at radius 2 is 1.93 bits per heavy atom. The maximum absolute atomic E-state index is 12.0. The molecule has 0 saturated carbocycles. The van der Waals surface area contributed by atoms with Crippen molar-refractivity contribution in [2.24, 2.45) is 0 Å². The molecule has 2 rings (SSSR count). The zero-order valence-electron chi connectivity index (χ0n) is 9.70. The van der Waals surface area contributed by atoms with Gasteiger partial charge in [0.1, 0.15) is 0 Å². The minimum Gasteiger partial charge on any atom is -0.341 e. The highest BCUT2D eigenvalue weighted by atomic mass is 16.2. The Morgan fingerprint density at radius 3 is 2.40 bits per heavy atom. The Bertz CT molecular complexity index is 232. The summed E-state index contributed by atoms with van der Waals surface area (Å²) < 4.78 is 0. The third-order valence-electron chi connectivity index (χ3n) is 3.71. The molecule has 0 spiro atoms. The zero-order chi connectivity index (χ0) is 10.8. The number of hydrogen-bond donors (Lipinski definition) is 1. The summed E-state index contributed by atoms with van der Waals surface area (Å²) in [5, 5.41) is 3.17. The molecule has 2 saturated heterocycles. The van der Waals surface area contributed by atoms with Crippen molar-refractivity contribution >= 4 is 5.91 Å². The minimum absolute atomic E-state index is 0.106. The Hall–Kier alpha value is -0.610. The third kappa shape index (κ3) is 2.32. The van der Waals surface area contributed by atoms with Crippen molar-refractivity contribution in [3.8, 4) is 0 Å². The molecule has 1 atom stereocenters. The molecule has 0 bridgehead atoms. The van der Waals surface area contributed by atoms with Crippen molar-refractivity contribution in [3.05, 3.63) is 0 Å². The van der Waals surface area contributed by atoms with Crippen LogP contribution in [0.5, 0.6) is 0 Å². The maximum Gasteiger partial charge on any atom is 0.239 e. The van der Waals surface area contributed by atoms with Crippen LogP contribution in [0, 0.1) is 0 Å². The molecule has 15 heavy (non-hydrogen) atoms. The van der Waals surface area contributed by atoms with Crippen LogP contribution in [-0.2, 0) is 4.79 Å². The summed E-state index contributed by atoms with van der Waals surface area (Å²) >= 11 is 0. The van der Waals surface area contributed by atoms with E-state index in [-0.39, 0.29) is 11.9 Å². The lowest BCUT2D eigenvalue weighted by Crippen LogP contribution is -2.56. The normalized spacial score (nSPS) is 28.5. The Balaban J connectivity index is 1.84. The molecule has 0 radical (unpaired) electrons. The molecule has 1 N–H and O–H groups in total. The van der Waals surface area contributed by atoms with Gasteiger partial charge in [-0.15, -0.1) is 0 Å². The number of carbonyl (C=O) groups excluding carboxylic acids is 1. The topological polar surface area (TPSA) is 35.6 Å². The summed E-state index contributed by atoms with van der Waals surface area (Å²) in [5.74, 6) is 0.288. The van der Waals surface area contributed by atoms with Gasteiger partial charge in [0, 0.05) is 13.1 Å². The van der Waals surface area contributed by atoms with Gasteiger partial charge in [-0.2, -0.15) is 0 Å². The van der Waals surface area contributed by atoms with Gasteiger partial charge in [0.05, 0.1) is 6.04 Å². The fraction of sp³-hybridized carbons (Fsp3) is 0.909. The van der Waals surface area contributed by atoms with Gasteiger partial charge in [0.25, 0.3) is 0 Å². The maximum atomic E-state index is 12.0. The predicted molar refractivity (Wildman–Crippen MR) is 59.7 cm³/mol. The van der Waals surface area contributed by atoms with E-state index in [9.17, 15) is 4.79 Å². The molecular formula is C11H21N3O. The highest BCUT2D eigenvalue weighted by molar-refractivity contribution is 5.82. The number of rotatable bonds is 2. The molecule has 4 nitrogen and oxygen atoms in total. The Labute approximate surface area is 91.6 Å². The average molecular weight is 211 g/mol. The quantitative estimate of drug-likeness (QED) is 0.693. The molecule has 2 fully saturated rings. The SMILES string of the molecule is CN1CCC(N(C)C(=O)[C@H]2CCN2)CC1. The first-order chi connectivity index (χ1) is 7.18. The van der Waals surface area contributed by atoms with Crippen molar-refractivity contribution in [1.29, 1.82) is 0 Å². The van der Waals surface area contributed by atoms with Gasteiger partial charge in [0.2, 0.25) is 5.91 Å². The molecule has 0 aromatic heterocycles. The van der Waals surface area contributed by atoms with Gasteiger partial charge in [-0.3, -0.25) is 4.79 Å². The number of piperidine rings is 1. The van der Waals surface area contributed by atoms with Gasteiger partial charge in [-0.05, 0) is 45.9 Å². The number of amides is 1. The second-order valence-corrected chi connectivity index (χ2v) is 4.78. The molecule has 2 aliphatic rings. The summed E-state index contributed by atoms with van der Waals surface area (Å²) in [6.07, 6.45) is 3.24. The number of likely N-dealkylation sites (N-methyl/N-ethyl adjacent to an activating group) is 1. The van der Waals surface area contributed by atoms with Crippen LogP contribution >= 0.6 is 0 Å². The van der Waals surface area contributed by atoms with E-state index in [1.165, 1.54) is 0 Å². The van der Waals surface area contributed by atoms with Crippen molar-refractivity contribution in [3.63, 3.8) is 0 Å². The van der Waals surface area contributed by atoms with Crippen LogP contribution in [0.1, 0.15) is 19.3 Å². The fourth-order valence-corrected chi connectivity index (χ4v) is 2.31. The second-order valence-electron chi connectivity index (χ2n) is 4.78. The number of nitrogens with zero attached hydrogens (tertiary/aromatic N) is 2. The molecule has 86 valence electrons. The van der Waals surface area contributed by atoms with E-state index in [0.717, 1.165) is 38.9 Å². The molecular weight excluding hydrogens is 190 g/mol. The third-order valence-corrected chi connectivity index (χ3v) is 3.71. The van der Waals surface area contributed by atoms with Crippen LogP contribution in [0.4, 0.5) is 0 Å². The van der Waals surface area contributed by atoms with Crippen molar-refractivity contribution in [2.75, 3.05) is 33.7 Å². The smallest absolute Gasteiger partial charge is 0.239 e. The van der Waals surface area contributed by atoms with E-state index in [0.29, 0.717) is 6.04 Å². The predicted octanol–water partition coefficient (Wildman–Crippen LogP) is -0.0991. The standard InChI is InChI=1S/C11H21N3O/c1-13-7-4-9(5-8-13)14(2)11(15)10-3-6-12-10/h9-10,12H,3-8H2,1-2H3/t10-/m1/s1. The number of hydrogen-bond acceptors (Lipinski definition) is 3. The van der Waals surface area contributed by atoms with E-state index >= 15 is 0 Å². The van der Waals surface area contributed by atoms with E-state index in [1.54, 1.807) is 0 Å². The summed E-state index contributed by atoms with van der Waals surface area (Å²) in [4.78, 5) is 16.2. The van der Waals surface area contributed by atoms with E-state index in [4.69, 9.17) is 0 Å². The van der Waals surface area contributed by atoms with Crippen molar-refractivity contribution in [1.82, 2.24) is 15.1 Å². The zero-order valence-corrected chi connectivity index (χ0v) is 9.70. The average Bonchev–Trinajstić information content (AvgIpc) is 2.15. The first kappa shape index (κ1) is 10.9. The summed E-state index contributed by atoms with van der Waals surface area (Å²) in [6.45, 7) is 3.22. The van der Waals surface area contributed by atoms with Crippen LogP contribution in [0.3, 0.4) is 0 Å². The lowest BCUT2D eigenvalue weighted by molar-refractivity contribution is -0.136. The summed E-state index contributed by atoms with van der Waals surface area (Å²) in [7, 11) is 4.10. The molecule has 4 heteroatoms. The van der Waals surface area contributed by atoms with Crippen LogP contribution in [0.2, 0.25) is 0 Å². The number of likely N-dealkylation sites (tertiary alicyclic amines) is 1. The van der Waals surface area contributed by atoms with Crippen molar-refractivity contribution < 1.29 is 4.79 Å². The lowest BCUT2D eigenvalue weighted by Gasteiger charge is -2.38. The minimum atomic E-state index is 0.106. The molecule has 1 amide bonds. The van der Waals surface area contributed by atoms with Crippen LogP contribution < -0.4 is 5.32 Å². The van der Waals surface area contributed by atoms with Gasteiger partial charge < -0.3 is 15.1 Å². The first-order valence-corrected chi connectivity index (χ1v) is 5.87. The molecule has 0 unspecified atom stereocenters.